The van der Waals surface area contributed by atoms with E-state index < -0.39 is 0 Å². The van der Waals surface area contributed by atoms with Crippen LogP contribution in [0, 0.1) is 5.92 Å². The molecule has 2 aromatic rings. The van der Waals surface area contributed by atoms with E-state index >= 15 is 0 Å². The molecule has 0 saturated carbocycles. The molecule has 1 aliphatic heterocycles. The van der Waals surface area contributed by atoms with Crippen LogP contribution in [0.25, 0.3) is 0 Å². The van der Waals surface area contributed by atoms with Crippen molar-refractivity contribution in [1.29, 1.82) is 0 Å². The maximum Gasteiger partial charge on any atom is 0.152 e. The Balaban J connectivity index is 1.62. The van der Waals surface area contributed by atoms with Gasteiger partial charge in [0.05, 0.1) is 6.04 Å². The monoisotopic (exact) mass is 321 g/mol. The minimum atomic E-state index is 0.0848. The Morgan fingerprint density at radius 2 is 1.46 bits per heavy atom. The molecule has 1 heterocycles. The quantitative estimate of drug-likeness (QED) is 0.790. The molecule has 0 bridgehead atoms. The third kappa shape index (κ3) is 4.78. The van der Waals surface area contributed by atoms with E-state index in [1.165, 1.54) is 11.1 Å². The van der Waals surface area contributed by atoms with Gasteiger partial charge in [0.1, 0.15) is 0 Å². The summed E-state index contributed by atoms with van der Waals surface area (Å²) < 4.78 is 0. The Morgan fingerprint density at radius 3 is 1.92 bits per heavy atom. The zero-order chi connectivity index (χ0) is 16.6. The molecule has 1 atom stereocenters. The van der Waals surface area contributed by atoms with Gasteiger partial charge in [-0.1, -0.05) is 60.7 Å². The van der Waals surface area contributed by atoms with Crippen LogP contribution in [0.15, 0.2) is 60.7 Å². The topological polar surface area (TPSA) is 29.1 Å². The summed E-state index contributed by atoms with van der Waals surface area (Å²) >= 11 is 0. The number of Topliss-reactive ketones (excluding diaryl/α,β-unsaturated/α-hetero) is 1. The van der Waals surface area contributed by atoms with E-state index in [9.17, 15) is 4.79 Å². The fourth-order valence-electron chi connectivity index (χ4n) is 3.61. The minimum Gasteiger partial charge on any atom is -0.307 e. The van der Waals surface area contributed by atoms with Crippen molar-refractivity contribution in [2.24, 2.45) is 5.92 Å². The molecule has 2 heteroatoms. The van der Waals surface area contributed by atoms with Crippen molar-refractivity contribution in [2.75, 3.05) is 6.54 Å². The van der Waals surface area contributed by atoms with Gasteiger partial charge in [-0.05, 0) is 56.2 Å². The highest BCUT2D eigenvalue weighted by atomic mass is 16.1. The first kappa shape index (κ1) is 16.9. The summed E-state index contributed by atoms with van der Waals surface area (Å²) in [5, 5.41) is 3.38. The average molecular weight is 321 g/mol. The Morgan fingerprint density at radius 1 is 0.917 bits per heavy atom. The summed E-state index contributed by atoms with van der Waals surface area (Å²) in [6, 6.07) is 21.1. The molecule has 1 aliphatic rings. The van der Waals surface area contributed by atoms with Gasteiger partial charge in [0.25, 0.3) is 0 Å². The maximum atomic E-state index is 12.9. The molecule has 0 unspecified atom stereocenters. The smallest absolute Gasteiger partial charge is 0.152 e. The van der Waals surface area contributed by atoms with Crippen LogP contribution < -0.4 is 5.32 Å². The van der Waals surface area contributed by atoms with Gasteiger partial charge in [0, 0.05) is 5.92 Å². The number of benzene rings is 2. The first-order chi connectivity index (χ1) is 11.8. The van der Waals surface area contributed by atoms with Gasteiger partial charge in [-0.2, -0.15) is 0 Å². The standard InChI is InChI=1S/C22H27NO/c24-22(21-12-7-17-23-21)20(15-13-18-8-3-1-4-9-18)16-14-19-10-5-2-6-11-19/h1-6,8-11,20-21,23H,7,12-17H2/t21-/m0/s1. The highest BCUT2D eigenvalue weighted by Crippen LogP contribution is 2.21. The zero-order valence-electron chi connectivity index (χ0n) is 14.3. The van der Waals surface area contributed by atoms with E-state index in [2.05, 4.69) is 53.8 Å². The largest absolute Gasteiger partial charge is 0.307 e. The van der Waals surface area contributed by atoms with E-state index in [4.69, 9.17) is 0 Å². The fraction of sp³-hybridized carbons (Fsp3) is 0.409. The number of ketones is 1. The van der Waals surface area contributed by atoms with Crippen LogP contribution in [0.1, 0.15) is 36.8 Å². The number of carbonyl (C=O) groups excluding carboxylic acids is 1. The van der Waals surface area contributed by atoms with Crippen molar-refractivity contribution in [3.05, 3.63) is 71.8 Å². The Labute approximate surface area is 145 Å². The van der Waals surface area contributed by atoms with E-state index in [0.29, 0.717) is 5.78 Å². The summed E-state index contributed by atoms with van der Waals surface area (Å²) in [4.78, 5) is 12.9. The van der Waals surface area contributed by atoms with Crippen molar-refractivity contribution in [3.63, 3.8) is 0 Å². The Kier molecular flexibility index (Phi) is 6.20. The lowest BCUT2D eigenvalue weighted by atomic mass is 9.86. The van der Waals surface area contributed by atoms with Crippen LogP contribution in [0.3, 0.4) is 0 Å². The fourth-order valence-corrected chi connectivity index (χ4v) is 3.61. The Bertz CT molecular complexity index is 573. The second kappa shape index (κ2) is 8.79. The molecular formula is C22H27NO. The molecule has 0 amide bonds. The number of hydrogen-bond donors (Lipinski definition) is 1. The lowest BCUT2D eigenvalue weighted by Crippen LogP contribution is -2.36. The second-order valence-electron chi connectivity index (χ2n) is 6.80. The number of hydrogen-bond acceptors (Lipinski definition) is 2. The lowest BCUT2D eigenvalue weighted by Gasteiger charge is -2.20. The van der Waals surface area contributed by atoms with Crippen molar-refractivity contribution < 1.29 is 4.79 Å². The molecule has 3 rings (SSSR count). The van der Waals surface area contributed by atoms with Crippen molar-refractivity contribution >= 4 is 5.78 Å². The minimum absolute atomic E-state index is 0.0848. The van der Waals surface area contributed by atoms with Gasteiger partial charge < -0.3 is 5.32 Å². The number of nitrogens with one attached hydrogen (secondary N) is 1. The van der Waals surface area contributed by atoms with Gasteiger partial charge in [-0.3, -0.25) is 4.79 Å². The highest BCUT2D eigenvalue weighted by Gasteiger charge is 2.28. The Hall–Kier alpha value is -1.93. The predicted octanol–water partition coefficient (Wildman–Crippen LogP) is 4.19. The molecular weight excluding hydrogens is 294 g/mol. The molecule has 2 nitrogen and oxygen atoms in total. The summed E-state index contributed by atoms with van der Waals surface area (Å²) in [6.07, 6.45) is 6.01. The summed E-state index contributed by atoms with van der Waals surface area (Å²) in [5.74, 6) is 0.584. The first-order valence-corrected chi connectivity index (χ1v) is 9.18. The van der Waals surface area contributed by atoms with Crippen LogP contribution in [0.4, 0.5) is 0 Å². The second-order valence-corrected chi connectivity index (χ2v) is 6.80. The molecule has 1 N–H and O–H groups in total. The van der Waals surface area contributed by atoms with Crippen molar-refractivity contribution in [1.82, 2.24) is 5.32 Å². The SMILES string of the molecule is O=C(C(CCc1ccccc1)CCc1ccccc1)[C@@H]1CCCN1. The molecule has 1 fully saturated rings. The van der Waals surface area contributed by atoms with Crippen LogP contribution in [-0.2, 0) is 17.6 Å². The van der Waals surface area contributed by atoms with Crippen molar-refractivity contribution in [3.8, 4) is 0 Å². The van der Waals surface area contributed by atoms with Crippen molar-refractivity contribution in [2.45, 2.75) is 44.6 Å². The predicted molar refractivity (Wildman–Crippen MR) is 99.0 cm³/mol. The van der Waals surface area contributed by atoms with Crippen LogP contribution >= 0.6 is 0 Å². The summed E-state index contributed by atoms with van der Waals surface area (Å²) in [7, 11) is 0. The van der Waals surface area contributed by atoms with Crippen LogP contribution in [-0.4, -0.2) is 18.4 Å². The van der Waals surface area contributed by atoms with Gasteiger partial charge in [0.15, 0.2) is 5.78 Å². The van der Waals surface area contributed by atoms with Gasteiger partial charge in [0.2, 0.25) is 0 Å². The number of aryl methyl sites for hydroxylation is 2. The van der Waals surface area contributed by atoms with E-state index in [1.807, 2.05) is 12.1 Å². The third-order valence-corrected chi connectivity index (χ3v) is 5.05. The van der Waals surface area contributed by atoms with Gasteiger partial charge in [-0.15, -0.1) is 0 Å². The molecule has 0 aromatic heterocycles. The number of rotatable bonds is 8. The zero-order valence-corrected chi connectivity index (χ0v) is 14.3. The van der Waals surface area contributed by atoms with Gasteiger partial charge >= 0.3 is 0 Å². The normalized spacial score (nSPS) is 17.3. The molecule has 126 valence electrons. The molecule has 0 aliphatic carbocycles. The molecule has 1 saturated heterocycles. The maximum absolute atomic E-state index is 12.9. The first-order valence-electron chi connectivity index (χ1n) is 9.18. The molecule has 24 heavy (non-hydrogen) atoms. The highest BCUT2D eigenvalue weighted by molar-refractivity contribution is 5.86. The van der Waals surface area contributed by atoms with E-state index in [0.717, 1.165) is 45.1 Å². The van der Waals surface area contributed by atoms with Gasteiger partial charge in [-0.25, -0.2) is 0 Å². The molecule has 2 aromatic carbocycles. The summed E-state index contributed by atoms with van der Waals surface area (Å²) in [6.45, 7) is 0.987. The average Bonchev–Trinajstić information content (AvgIpc) is 3.18. The van der Waals surface area contributed by atoms with Crippen LogP contribution in [0.5, 0.6) is 0 Å². The lowest BCUT2D eigenvalue weighted by molar-refractivity contribution is -0.125. The molecule has 0 radical (unpaired) electrons. The van der Waals surface area contributed by atoms with E-state index in [1.54, 1.807) is 0 Å². The third-order valence-electron chi connectivity index (χ3n) is 5.05. The van der Waals surface area contributed by atoms with Crippen LogP contribution in [0.2, 0.25) is 0 Å². The number of carbonyl (C=O) groups is 1. The summed E-state index contributed by atoms with van der Waals surface area (Å²) in [5.41, 5.74) is 2.66. The van der Waals surface area contributed by atoms with E-state index in [-0.39, 0.29) is 12.0 Å². The molecule has 0 spiro atoms.